The Morgan fingerprint density at radius 1 is 1.41 bits per heavy atom. The van der Waals surface area contributed by atoms with Gasteiger partial charge >= 0.3 is 5.97 Å². The van der Waals surface area contributed by atoms with Crippen LogP contribution < -0.4 is 0 Å². The minimum absolute atomic E-state index is 0.00773. The quantitative estimate of drug-likeness (QED) is 0.754. The van der Waals surface area contributed by atoms with Gasteiger partial charge in [-0.3, -0.25) is 4.79 Å². The van der Waals surface area contributed by atoms with Crippen LogP contribution >= 0.6 is 0 Å². The topological polar surface area (TPSA) is 46.5 Å². The fraction of sp³-hybridized carbons (Fsp3) is 0.929. The fourth-order valence-electron chi connectivity index (χ4n) is 4.16. The van der Waals surface area contributed by atoms with Gasteiger partial charge in [0.15, 0.2) is 0 Å². The van der Waals surface area contributed by atoms with Gasteiger partial charge in [0.25, 0.3) is 0 Å². The van der Waals surface area contributed by atoms with Gasteiger partial charge in [-0.15, -0.1) is 0 Å². The molecule has 17 heavy (non-hydrogen) atoms. The molecule has 1 spiro atoms. The summed E-state index contributed by atoms with van der Waals surface area (Å²) in [5.74, 6) is 0.220. The van der Waals surface area contributed by atoms with E-state index < -0.39 is 0 Å². The van der Waals surface area contributed by atoms with Gasteiger partial charge in [-0.2, -0.15) is 0 Å². The van der Waals surface area contributed by atoms with Crippen molar-refractivity contribution in [2.75, 3.05) is 6.61 Å². The molecule has 3 unspecified atom stereocenters. The molecule has 2 fully saturated rings. The largest absolute Gasteiger partial charge is 0.466 e. The maximum atomic E-state index is 12.2. The van der Waals surface area contributed by atoms with Crippen LogP contribution in [-0.4, -0.2) is 23.8 Å². The summed E-state index contributed by atoms with van der Waals surface area (Å²) in [7, 11) is 0. The van der Waals surface area contributed by atoms with E-state index in [4.69, 9.17) is 4.74 Å². The van der Waals surface area contributed by atoms with E-state index in [1.165, 1.54) is 12.8 Å². The normalized spacial score (nSPS) is 36.1. The van der Waals surface area contributed by atoms with E-state index in [2.05, 4.69) is 6.92 Å². The number of ether oxygens (including phenoxy) is 1. The highest BCUT2D eigenvalue weighted by atomic mass is 16.5. The molecule has 0 radical (unpaired) electrons. The first-order chi connectivity index (χ1) is 8.09. The molecule has 2 aliphatic carbocycles. The summed E-state index contributed by atoms with van der Waals surface area (Å²) in [6, 6.07) is 0. The lowest BCUT2D eigenvalue weighted by atomic mass is 9.60. The summed E-state index contributed by atoms with van der Waals surface area (Å²) in [4.78, 5) is 12.2. The van der Waals surface area contributed by atoms with Crippen molar-refractivity contribution >= 4 is 5.97 Å². The zero-order valence-corrected chi connectivity index (χ0v) is 10.9. The van der Waals surface area contributed by atoms with Gasteiger partial charge in [0.1, 0.15) is 0 Å². The standard InChI is InChI=1S/C14H24O3/c1-3-17-13(16)12-10(2)8-11(15)9-14(12)6-4-5-7-14/h10-12,15H,3-9H2,1-2H3. The van der Waals surface area contributed by atoms with Crippen LogP contribution in [-0.2, 0) is 9.53 Å². The molecule has 0 aromatic rings. The molecule has 0 heterocycles. The molecule has 0 bridgehead atoms. The first-order valence-electron chi connectivity index (χ1n) is 6.94. The Morgan fingerprint density at radius 3 is 2.65 bits per heavy atom. The smallest absolute Gasteiger partial charge is 0.309 e. The summed E-state index contributed by atoms with van der Waals surface area (Å²) >= 11 is 0. The molecule has 98 valence electrons. The molecule has 0 amide bonds. The van der Waals surface area contributed by atoms with E-state index in [1.54, 1.807) is 0 Å². The second-order valence-corrected chi connectivity index (χ2v) is 5.87. The van der Waals surface area contributed by atoms with E-state index in [9.17, 15) is 9.90 Å². The van der Waals surface area contributed by atoms with Crippen LogP contribution in [0.15, 0.2) is 0 Å². The molecule has 0 aromatic heterocycles. The molecule has 1 N–H and O–H groups in total. The van der Waals surface area contributed by atoms with Gasteiger partial charge in [0.2, 0.25) is 0 Å². The Balaban J connectivity index is 2.21. The molecular formula is C14H24O3. The Morgan fingerprint density at radius 2 is 2.06 bits per heavy atom. The zero-order chi connectivity index (χ0) is 12.5. The van der Waals surface area contributed by atoms with Crippen molar-refractivity contribution in [3.05, 3.63) is 0 Å². The molecular weight excluding hydrogens is 216 g/mol. The molecule has 0 saturated heterocycles. The summed E-state index contributed by atoms with van der Waals surface area (Å²) in [5.41, 5.74) is 0.0311. The Kier molecular flexibility index (Phi) is 3.76. The van der Waals surface area contributed by atoms with Crippen molar-refractivity contribution in [1.82, 2.24) is 0 Å². The molecule has 3 heteroatoms. The SMILES string of the molecule is CCOC(=O)C1C(C)CC(O)CC12CCCC2. The number of carbonyl (C=O) groups excluding carboxylic acids is 1. The molecule has 3 nitrogen and oxygen atoms in total. The second kappa shape index (κ2) is 4.97. The average molecular weight is 240 g/mol. The van der Waals surface area contributed by atoms with Crippen molar-refractivity contribution < 1.29 is 14.6 Å². The van der Waals surface area contributed by atoms with E-state index in [-0.39, 0.29) is 29.3 Å². The molecule has 2 aliphatic rings. The zero-order valence-electron chi connectivity index (χ0n) is 10.9. The first-order valence-corrected chi connectivity index (χ1v) is 6.94. The average Bonchev–Trinajstić information content (AvgIpc) is 2.65. The number of esters is 1. The van der Waals surface area contributed by atoms with Gasteiger partial charge < -0.3 is 9.84 Å². The lowest BCUT2D eigenvalue weighted by Crippen LogP contribution is -2.46. The van der Waals surface area contributed by atoms with Crippen LogP contribution in [0.2, 0.25) is 0 Å². The summed E-state index contributed by atoms with van der Waals surface area (Å²) in [6.07, 6.45) is 5.85. The van der Waals surface area contributed by atoms with E-state index in [0.717, 1.165) is 25.7 Å². The van der Waals surface area contributed by atoms with Gasteiger partial charge in [-0.05, 0) is 43.9 Å². The van der Waals surface area contributed by atoms with Crippen LogP contribution in [0.25, 0.3) is 0 Å². The Bertz CT molecular complexity index is 281. The molecule has 2 saturated carbocycles. The van der Waals surface area contributed by atoms with Crippen molar-refractivity contribution in [2.24, 2.45) is 17.3 Å². The van der Waals surface area contributed by atoms with Crippen molar-refractivity contribution in [3.8, 4) is 0 Å². The molecule has 0 aromatic carbocycles. The van der Waals surface area contributed by atoms with Gasteiger partial charge in [0, 0.05) is 0 Å². The third kappa shape index (κ3) is 2.35. The van der Waals surface area contributed by atoms with E-state index >= 15 is 0 Å². The minimum Gasteiger partial charge on any atom is -0.466 e. The molecule has 3 atom stereocenters. The number of hydrogen-bond acceptors (Lipinski definition) is 3. The van der Waals surface area contributed by atoms with Crippen LogP contribution in [0.1, 0.15) is 52.4 Å². The minimum atomic E-state index is -0.228. The lowest BCUT2D eigenvalue weighted by molar-refractivity contribution is -0.161. The van der Waals surface area contributed by atoms with Crippen molar-refractivity contribution in [1.29, 1.82) is 0 Å². The van der Waals surface area contributed by atoms with Crippen LogP contribution in [0.5, 0.6) is 0 Å². The third-order valence-corrected chi connectivity index (χ3v) is 4.65. The van der Waals surface area contributed by atoms with Crippen LogP contribution in [0.3, 0.4) is 0 Å². The lowest BCUT2D eigenvalue weighted by Gasteiger charge is -2.45. The van der Waals surface area contributed by atoms with Gasteiger partial charge in [-0.25, -0.2) is 0 Å². The number of aliphatic hydroxyl groups is 1. The van der Waals surface area contributed by atoms with Gasteiger partial charge in [-0.1, -0.05) is 19.8 Å². The molecule has 0 aliphatic heterocycles. The van der Waals surface area contributed by atoms with Crippen molar-refractivity contribution in [3.63, 3.8) is 0 Å². The number of aliphatic hydroxyl groups excluding tert-OH is 1. The van der Waals surface area contributed by atoms with Crippen LogP contribution in [0, 0.1) is 17.3 Å². The maximum absolute atomic E-state index is 12.2. The molecule has 2 rings (SSSR count). The van der Waals surface area contributed by atoms with Gasteiger partial charge in [0.05, 0.1) is 18.6 Å². The number of rotatable bonds is 2. The number of hydrogen-bond donors (Lipinski definition) is 1. The highest BCUT2D eigenvalue weighted by Gasteiger charge is 2.52. The van der Waals surface area contributed by atoms with E-state index in [1.807, 2.05) is 6.92 Å². The third-order valence-electron chi connectivity index (χ3n) is 4.65. The van der Waals surface area contributed by atoms with Crippen LogP contribution in [0.4, 0.5) is 0 Å². The Labute approximate surface area is 104 Å². The highest BCUT2D eigenvalue weighted by Crippen LogP contribution is 2.54. The fourth-order valence-corrected chi connectivity index (χ4v) is 4.16. The van der Waals surface area contributed by atoms with Crippen molar-refractivity contribution in [2.45, 2.75) is 58.5 Å². The maximum Gasteiger partial charge on any atom is 0.309 e. The summed E-state index contributed by atoms with van der Waals surface area (Å²) in [6.45, 7) is 4.41. The predicted octanol–water partition coefficient (Wildman–Crippen LogP) is 2.52. The monoisotopic (exact) mass is 240 g/mol. The second-order valence-electron chi connectivity index (χ2n) is 5.87. The predicted molar refractivity (Wildman–Crippen MR) is 65.4 cm³/mol. The Hall–Kier alpha value is -0.570. The first kappa shape index (κ1) is 12.9. The summed E-state index contributed by atoms with van der Waals surface area (Å²) < 4.78 is 5.25. The number of carbonyl (C=O) groups is 1. The van der Waals surface area contributed by atoms with E-state index in [0.29, 0.717) is 6.61 Å². The summed E-state index contributed by atoms with van der Waals surface area (Å²) in [5, 5.41) is 9.98. The highest BCUT2D eigenvalue weighted by molar-refractivity contribution is 5.74.